The molecule has 0 aliphatic carbocycles. The number of hydrogen-bond donors (Lipinski definition) is 0. The van der Waals surface area contributed by atoms with Crippen molar-refractivity contribution in [3.63, 3.8) is 0 Å². The van der Waals surface area contributed by atoms with Crippen LogP contribution in [-0.4, -0.2) is 19.3 Å². The van der Waals surface area contributed by atoms with E-state index in [0.717, 1.165) is 37.4 Å². The summed E-state index contributed by atoms with van der Waals surface area (Å²) in [5.74, 6) is 1.42. The summed E-state index contributed by atoms with van der Waals surface area (Å²) in [6, 6.07) is 7.94. The van der Waals surface area contributed by atoms with E-state index in [4.69, 9.17) is 21.1 Å². The highest BCUT2D eigenvalue weighted by Crippen LogP contribution is 2.23. The van der Waals surface area contributed by atoms with Crippen LogP contribution in [0, 0.1) is 0 Å². The van der Waals surface area contributed by atoms with Crippen molar-refractivity contribution in [1.29, 1.82) is 0 Å². The summed E-state index contributed by atoms with van der Waals surface area (Å²) in [6.07, 6.45) is 2.22. The van der Waals surface area contributed by atoms with Gasteiger partial charge in [0, 0.05) is 18.4 Å². The fourth-order valence-corrected chi connectivity index (χ4v) is 1.92. The molecule has 0 N–H and O–H groups in total. The van der Waals surface area contributed by atoms with Gasteiger partial charge in [0.1, 0.15) is 11.9 Å². The van der Waals surface area contributed by atoms with Crippen molar-refractivity contribution in [1.82, 2.24) is 0 Å². The lowest BCUT2D eigenvalue weighted by Crippen LogP contribution is -2.26. The molecule has 2 nitrogen and oxygen atoms in total. The van der Waals surface area contributed by atoms with Gasteiger partial charge in [0.25, 0.3) is 0 Å². The second-order valence-corrected chi connectivity index (χ2v) is 3.94. The molecule has 2 rings (SSSR count). The first-order valence-corrected chi connectivity index (χ1v) is 5.82. The lowest BCUT2D eigenvalue weighted by atomic mass is 10.1. The van der Waals surface area contributed by atoms with Crippen LogP contribution in [0.4, 0.5) is 0 Å². The Morgan fingerprint density at radius 2 is 2.00 bits per heavy atom. The molecule has 1 aromatic rings. The van der Waals surface area contributed by atoms with E-state index in [-0.39, 0.29) is 6.10 Å². The van der Waals surface area contributed by atoms with Gasteiger partial charge in [-0.05, 0) is 6.07 Å². The average Bonchev–Trinajstić information content (AvgIpc) is 2.31. The molecule has 82 valence electrons. The maximum Gasteiger partial charge on any atom is 0.124 e. The van der Waals surface area contributed by atoms with E-state index in [1.54, 1.807) is 0 Å². The minimum absolute atomic E-state index is 0.281. The summed E-state index contributed by atoms with van der Waals surface area (Å²) in [5, 5.41) is 0. The Hall–Kier alpha value is -0.730. The summed E-state index contributed by atoms with van der Waals surface area (Å²) in [7, 11) is 0. The topological polar surface area (TPSA) is 18.5 Å². The minimum Gasteiger partial charge on any atom is -0.490 e. The van der Waals surface area contributed by atoms with Crippen LogP contribution < -0.4 is 4.74 Å². The third-order valence-corrected chi connectivity index (χ3v) is 2.87. The number of hydrogen-bond acceptors (Lipinski definition) is 2. The molecule has 0 amide bonds. The standard InChI is InChI=1S/C12H15ClO2/c13-9-10-3-1-2-4-12(10)15-11-5-7-14-8-6-11/h1-4,11H,5-9H2. The first kappa shape index (κ1) is 10.8. The van der Waals surface area contributed by atoms with Crippen molar-refractivity contribution in [2.75, 3.05) is 13.2 Å². The number of benzene rings is 1. The van der Waals surface area contributed by atoms with Crippen molar-refractivity contribution in [3.8, 4) is 5.75 Å². The predicted molar refractivity (Wildman–Crippen MR) is 60.5 cm³/mol. The molecule has 0 saturated carbocycles. The van der Waals surface area contributed by atoms with Crippen molar-refractivity contribution < 1.29 is 9.47 Å². The van der Waals surface area contributed by atoms with E-state index in [2.05, 4.69) is 0 Å². The molecule has 1 saturated heterocycles. The van der Waals surface area contributed by atoms with Crippen LogP contribution in [0.3, 0.4) is 0 Å². The van der Waals surface area contributed by atoms with Gasteiger partial charge in [-0.25, -0.2) is 0 Å². The van der Waals surface area contributed by atoms with E-state index in [1.807, 2.05) is 24.3 Å². The molecule has 0 spiro atoms. The van der Waals surface area contributed by atoms with Gasteiger partial charge in [0.15, 0.2) is 0 Å². The van der Waals surface area contributed by atoms with Crippen molar-refractivity contribution >= 4 is 11.6 Å². The van der Waals surface area contributed by atoms with Gasteiger partial charge in [0.05, 0.1) is 19.1 Å². The molecule has 0 radical (unpaired) electrons. The zero-order valence-electron chi connectivity index (χ0n) is 8.62. The van der Waals surface area contributed by atoms with Crippen LogP contribution in [0.25, 0.3) is 0 Å². The Bertz CT molecular complexity index is 308. The van der Waals surface area contributed by atoms with Crippen LogP contribution in [0.15, 0.2) is 24.3 Å². The Balaban J connectivity index is 2.02. The highest BCUT2D eigenvalue weighted by atomic mass is 35.5. The SMILES string of the molecule is ClCc1ccccc1OC1CCOCC1. The monoisotopic (exact) mass is 226 g/mol. The number of para-hydroxylation sites is 1. The summed E-state index contributed by atoms with van der Waals surface area (Å²) >= 11 is 5.85. The fourth-order valence-electron chi connectivity index (χ4n) is 1.70. The van der Waals surface area contributed by atoms with Gasteiger partial charge in [-0.3, -0.25) is 0 Å². The Morgan fingerprint density at radius 3 is 2.73 bits per heavy atom. The zero-order chi connectivity index (χ0) is 10.5. The summed E-state index contributed by atoms with van der Waals surface area (Å²) in [5.41, 5.74) is 1.06. The first-order valence-electron chi connectivity index (χ1n) is 5.28. The molecule has 0 aromatic heterocycles. The maximum atomic E-state index is 5.91. The van der Waals surface area contributed by atoms with Crippen LogP contribution >= 0.6 is 11.6 Å². The lowest BCUT2D eigenvalue weighted by Gasteiger charge is -2.24. The van der Waals surface area contributed by atoms with Crippen LogP contribution in [0.5, 0.6) is 5.75 Å². The van der Waals surface area contributed by atoms with Crippen molar-refractivity contribution in [3.05, 3.63) is 29.8 Å². The first-order chi connectivity index (χ1) is 7.40. The second kappa shape index (κ2) is 5.38. The third-order valence-electron chi connectivity index (χ3n) is 2.58. The zero-order valence-corrected chi connectivity index (χ0v) is 9.37. The largest absolute Gasteiger partial charge is 0.490 e. The summed E-state index contributed by atoms with van der Waals surface area (Å²) in [4.78, 5) is 0. The van der Waals surface area contributed by atoms with Gasteiger partial charge >= 0.3 is 0 Å². The lowest BCUT2D eigenvalue weighted by molar-refractivity contribution is 0.0253. The van der Waals surface area contributed by atoms with Gasteiger partial charge in [0.2, 0.25) is 0 Å². The van der Waals surface area contributed by atoms with Gasteiger partial charge in [-0.15, -0.1) is 11.6 Å². The predicted octanol–water partition coefficient (Wildman–Crippen LogP) is 2.98. The van der Waals surface area contributed by atoms with Gasteiger partial charge in [-0.2, -0.15) is 0 Å². The fraction of sp³-hybridized carbons (Fsp3) is 0.500. The summed E-state index contributed by atoms with van der Waals surface area (Å²) < 4.78 is 11.2. The highest BCUT2D eigenvalue weighted by molar-refractivity contribution is 6.17. The third kappa shape index (κ3) is 2.86. The Labute approximate surface area is 95.1 Å². The number of alkyl halides is 1. The molecule has 0 bridgehead atoms. The minimum atomic E-state index is 0.281. The number of ether oxygens (including phenoxy) is 2. The van der Waals surface area contributed by atoms with Crippen LogP contribution in [0.2, 0.25) is 0 Å². The summed E-state index contributed by atoms with van der Waals surface area (Å²) in [6.45, 7) is 1.60. The average molecular weight is 227 g/mol. The van der Waals surface area contributed by atoms with Crippen molar-refractivity contribution in [2.45, 2.75) is 24.8 Å². The van der Waals surface area contributed by atoms with E-state index in [0.29, 0.717) is 5.88 Å². The quantitative estimate of drug-likeness (QED) is 0.738. The van der Waals surface area contributed by atoms with E-state index in [1.165, 1.54) is 0 Å². The van der Waals surface area contributed by atoms with E-state index < -0.39 is 0 Å². The molecular formula is C12H15ClO2. The maximum absolute atomic E-state index is 5.91. The Kier molecular flexibility index (Phi) is 3.87. The molecule has 15 heavy (non-hydrogen) atoms. The van der Waals surface area contributed by atoms with Crippen LogP contribution in [-0.2, 0) is 10.6 Å². The molecular weight excluding hydrogens is 212 g/mol. The van der Waals surface area contributed by atoms with Gasteiger partial charge < -0.3 is 9.47 Å². The molecule has 1 fully saturated rings. The smallest absolute Gasteiger partial charge is 0.124 e. The van der Waals surface area contributed by atoms with E-state index in [9.17, 15) is 0 Å². The molecule has 1 aliphatic rings. The molecule has 0 unspecified atom stereocenters. The van der Waals surface area contributed by atoms with E-state index >= 15 is 0 Å². The van der Waals surface area contributed by atoms with Crippen LogP contribution in [0.1, 0.15) is 18.4 Å². The molecule has 3 heteroatoms. The number of rotatable bonds is 3. The van der Waals surface area contributed by atoms with Crippen molar-refractivity contribution in [2.24, 2.45) is 0 Å². The Morgan fingerprint density at radius 1 is 1.27 bits per heavy atom. The number of halogens is 1. The molecule has 1 aromatic carbocycles. The highest BCUT2D eigenvalue weighted by Gasteiger charge is 2.16. The second-order valence-electron chi connectivity index (χ2n) is 3.67. The van der Waals surface area contributed by atoms with Gasteiger partial charge in [-0.1, -0.05) is 18.2 Å². The molecule has 1 aliphatic heterocycles. The molecule has 1 heterocycles. The normalized spacial score (nSPS) is 17.7. The molecule has 0 atom stereocenters.